The largest absolute Gasteiger partial charge is 0.481 e. The molecule has 0 spiro atoms. The van der Waals surface area contributed by atoms with Crippen LogP contribution in [-0.4, -0.2) is 38.7 Å². The van der Waals surface area contributed by atoms with Crippen LogP contribution in [0.15, 0.2) is 4.52 Å². The van der Waals surface area contributed by atoms with Crippen LogP contribution in [0.2, 0.25) is 0 Å². The van der Waals surface area contributed by atoms with Gasteiger partial charge in [-0.2, -0.15) is 4.98 Å². The first-order valence-electron chi connectivity index (χ1n) is 6.18. The summed E-state index contributed by atoms with van der Waals surface area (Å²) in [5.41, 5.74) is 0. The Labute approximate surface area is 107 Å². The maximum atomic E-state index is 10.6. The molecule has 0 aromatic carbocycles. The van der Waals surface area contributed by atoms with Crippen LogP contribution in [-0.2, 0) is 11.3 Å². The Morgan fingerprint density at radius 3 is 2.50 bits per heavy atom. The van der Waals surface area contributed by atoms with E-state index in [4.69, 9.17) is 9.63 Å². The third-order valence-electron chi connectivity index (χ3n) is 2.67. The second kappa shape index (κ2) is 6.49. The Hall–Kier alpha value is -1.43. The highest BCUT2D eigenvalue weighted by atomic mass is 16.5. The lowest BCUT2D eigenvalue weighted by Crippen LogP contribution is -2.32. The predicted molar refractivity (Wildman–Crippen MR) is 66.2 cm³/mol. The van der Waals surface area contributed by atoms with Gasteiger partial charge in [-0.3, -0.25) is 9.69 Å². The monoisotopic (exact) mass is 255 g/mol. The topological polar surface area (TPSA) is 79.5 Å². The van der Waals surface area contributed by atoms with Gasteiger partial charge in [0, 0.05) is 18.5 Å². The summed E-state index contributed by atoms with van der Waals surface area (Å²) in [4.78, 5) is 16.9. The molecule has 6 heteroatoms. The van der Waals surface area contributed by atoms with E-state index in [0.717, 1.165) is 0 Å². The quantitative estimate of drug-likeness (QED) is 0.801. The fourth-order valence-corrected chi connectivity index (χ4v) is 1.51. The summed E-state index contributed by atoms with van der Waals surface area (Å²) < 4.78 is 5.13. The summed E-state index contributed by atoms with van der Waals surface area (Å²) in [6.45, 7) is 9.01. The minimum atomic E-state index is -0.795. The van der Waals surface area contributed by atoms with Crippen molar-refractivity contribution in [2.75, 3.05) is 6.54 Å². The minimum absolute atomic E-state index is 0.118. The van der Waals surface area contributed by atoms with Crippen molar-refractivity contribution in [2.45, 2.75) is 52.6 Å². The highest BCUT2D eigenvalue weighted by Gasteiger charge is 2.16. The first-order valence-corrected chi connectivity index (χ1v) is 6.18. The lowest BCUT2D eigenvalue weighted by molar-refractivity contribution is -0.137. The van der Waals surface area contributed by atoms with Crippen molar-refractivity contribution < 1.29 is 14.4 Å². The van der Waals surface area contributed by atoms with Gasteiger partial charge in [-0.15, -0.1) is 0 Å². The smallest absolute Gasteiger partial charge is 0.304 e. The van der Waals surface area contributed by atoms with E-state index in [1.165, 1.54) is 0 Å². The second-order valence-electron chi connectivity index (χ2n) is 4.91. The molecule has 0 amide bonds. The zero-order valence-electron chi connectivity index (χ0n) is 11.4. The van der Waals surface area contributed by atoms with E-state index < -0.39 is 5.97 Å². The molecular formula is C12H21N3O3. The maximum Gasteiger partial charge on any atom is 0.304 e. The van der Waals surface area contributed by atoms with Crippen molar-refractivity contribution in [1.82, 2.24) is 15.0 Å². The molecule has 0 aliphatic carbocycles. The molecule has 18 heavy (non-hydrogen) atoms. The lowest BCUT2D eigenvalue weighted by atomic mass is 10.2. The molecular weight excluding hydrogens is 234 g/mol. The molecule has 0 radical (unpaired) electrons. The first kappa shape index (κ1) is 14.6. The van der Waals surface area contributed by atoms with Crippen LogP contribution in [0, 0.1) is 0 Å². The van der Waals surface area contributed by atoms with E-state index >= 15 is 0 Å². The zero-order valence-corrected chi connectivity index (χ0v) is 11.4. The molecule has 0 saturated heterocycles. The number of rotatable bonds is 7. The van der Waals surface area contributed by atoms with Gasteiger partial charge in [0.1, 0.15) is 0 Å². The summed E-state index contributed by atoms with van der Waals surface area (Å²) in [6.07, 6.45) is 0.118. The number of nitrogens with zero attached hydrogens (tertiary/aromatic N) is 3. The van der Waals surface area contributed by atoms with E-state index in [9.17, 15) is 4.79 Å². The van der Waals surface area contributed by atoms with Crippen molar-refractivity contribution >= 4 is 5.97 Å². The molecule has 1 N–H and O–H groups in total. The first-order chi connectivity index (χ1) is 8.40. The molecule has 0 aliphatic rings. The van der Waals surface area contributed by atoms with Gasteiger partial charge in [0.05, 0.1) is 13.0 Å². The normalized spacial score (nSPS) is 11.7. The van der Waals surface area contributed by atoms with E-state index in [2.05, 4.69) is 10.1 Å². The van der Waals surface area contributed by atoms with Crippen molar-refractivity contribution in [3.63, 3.8) is 0 Å². The number of carboxylic acid groups (broad SMARTS) is 1. The lowest BCUT2D eigenvalue weighted by Gasteiger charge is -2.23. The Kier molecular flexibility index (Phi) is 5.27. The average Bonchev–Trinajstić information content (AvgIpc) is 2.71. The third-order valence-corrected chi connectivity index (χ3v) is 2.67. The van der Waals surface area contributed by atoms with Crippen LogP contribution in [0.4, 0.5) is 0 Å². The molecule has 0 aliphatic heterocycles. The Morgan fingerprint density at radius 2 is 2.06 bits per heavy atom. The standard InChI is InChI=1S/C12H21N3O3/c1-8(2)12-13-10(14-18-12)7-15(9(3)4)6-5-11(16)17/h8-9H,5-7H2,1-4H3,(H,16,17). The molecule has 0 atom stereocenters. The summed E-state index contributed by atoms with van der Waals surface area (Å²) in [7, 11) is 0. The highest BCUT2D eigenvalue weighted by Crippen LogP contribution is 2.13. The molecule has 0 bridgehead atoms. The number of aliphatic carboxylic acids is 1. The summed E-state index contributed by atoms with van der Waals surface area (Å²) in [6, 6.07) is 0.241. The molecule has 0 fully saturated rings. The number of carboxylic acids is 1. The van der Waals surface area contributed by atoms with Crippen LogP contribution in [0.1, 0.15) is 51.7 Å². The molecule has 0 unspecified atom stereocenters. The number of aromatic nitrogens is 2. The van der Waals surface area contributed by atoms with E-state index in [1.54, 1.807) is 0 Å². The van der Waals surface area contributed by atoms with Crippen LogP contribution in [0.25, 0.3) is 0 Å². The van der Waals surface area contributed by atoms with Gasteiger partial charge in [-0.1, -0.05) is 19.0 Å². The molecule has 1 rings (SSSR count). The van der Waals surface area contributed by atoms with Gasteiger partial charge in [-0.25, -0.2) is 0 Å². The number of carbonyl (C=O) groups is 1. The van der Waals surface area contributed by atoms with Crippen molar-refractivity contribution in [3.05, 3.63) is 11.7 Å². The number of hydrogen-bond donors (Lipinski definition) is 1. The fraction of sp³-hybridized carbons (Fsp3) is 0.750. The van der Waals surface area contributed by atoms with Gasteiger partial charge in [0.25, 0.3) is 0 Å². The molecule has 1 aromatic rings. The maximum absolute atomic E-state index is 10.6. The van der Waals surface area contributed by atoms with Gasteiger partial charge >= 0.3 is 5.97 Å². The van der Waals surface area contributed by atoms with Crippen molar-refractivity contribution in [3.8, 4) is 0 Å². The number of hydrogen-bond acceptors (Lipinski definition) is 5. The predicted octanol–water partition coefficient (Wildman–Crippen LogP) is 1.88. The van der Waals surface area contributed by atoms with Crippen LogP contribution in [0.5, 0.6) is 0 Å². The third kappa shape index (κ3) is 4.44. The van der Waals surface area contributed by atoms with E-state index in [-0.39, 0.29) is 18.4 Å². The fourth-order valence-electron chi connectivity index (χ4n) is 1.51. The van der Waals surface area contributed by atoms with Gasteiger partial charge in [0.2, 0.25) is 5.89 Å². The molecule has 1 aromatic heterocycles. The van der Waals surface area contributed by atoms with Crippen LogP contribution >= 0.6 is 0 Å². The molecule has 6 nitrogen and oxygen atoms in total. The second-order valence-corrected chi connectivity index (χ2v) is 4.91. The van der Waals surface area contributed by atoms with Crippen LogP contribution in [0.3, 0.4) is 0 Å². The van der Waals surface area contributed by atoms with Gasteiger partial charge in [0.15, 0.2) is 5.82 Å². The van der Waals surface area contributed by atoms with Crippen LogP contribution < -0.4 is 0 Å². The highest BCUT2D eigenvalue weighted by molar-refractivity contribution is 5.66. The van der Waals surface area contributed by atoms with Gasteiger partial charge < -0.3 is 9.63 Å². The van der Waals surface area contributed by atoms with E-state index in [0.29, 0.717) is 24.8 Å². The van der Waals surface area contributed by atoms with E-state index in [1.807, 2.05) is 32.6 Å². The van der Waals surface area contributed by atoms with Crippen molar-refractivity contribution in [1.29, 1.82) is 0 Å². The molecule has 0 saturated carbocycles. The summed E-state index contributed by atoms with van der Waals surface area (Å²) in [5, 5.41) is 12.6. The zero-order chi connectivity index (χ0) is 13.7. The Balaban J connectivity index is 2.61. The molecule has 1 heterocycles. The summed E-state index contributed by atoms with van der Waals surface area (Å²) in [5.74, 6) is 0.638. The van der Waals surface area contributed by atoms with Crippen molar-refractivity contribution in [2.24, 2.45) is 0 Å². The molecule has 102 valence electrons. The minimum Gasteiger partial charge on any atom is -0.481 e. The average molecular weight is 255 g/mol. The Bertz CT molecular complexity index is 388. The summed E-state index contributed by atoms with van der Waals surface area (Å²) >= 11 is 0. The SMILES string of the molecule is CC(C)c1nc(CN(CCC(=O)O)C(C)C)no1. The van der Waals surface area contributed by atoms with Gasteiger partial charge in [-0.05, 0) is 13.8 Å². The Morgan fingerprint density at radius 1 is 1.39 bits per heavy atom.